The first-order chi connectivity index (χ1) is 13.0. The second-order valence-corrected chi connectivity index (χ2v) is 7.90. The van der Waals surface area contributed by atoms with Gasteiger partial charge in [0.05, 0.1) is 19.3 Å². The van der Waals surface area contributed by atoms with Crippen molar-refractivity contribution < 1.29 is 14.1 Å². The highest BCUT2D eigenvalue weighted by Gasteiger charge is 2.33. The van der Waals surface area contributed by atoms with Crippen LogP contribution in [-0.2, 0) is 4.74 Å². The van der Waals surface area contributed by atoms with Crippen LogP contribution in [0.5, 0.6) is 0 Å². The molecule has 0 N–H and O–H groups in total. The molecule has 0 aliphatic carbocycles. The fraction of sp³-hybridized carbons (Fsp3) is 0.550. The lowest BCUT2D eigenvalue weighted by molar-refractivity contribution is 0.0434. The summed E-state index contributed by atoms with van der Waals surface area (Å²) in [7, 11) is 2.12. The quantitative estimate of drug-likeness (QED) is 0.825. The molecule has 2 aliphatic rings. The van der Waals surface area contributed by atoms with Gasteiger partial charge in [0.15, 0.2) is 0 Å². The monoisotopic (exact) mass is 370 g/mol. The van der Waals surface area contributed by atoms with Gasteiger partial charge in [-0.3, -0.25) is 9.69 Å². The number of likely N-dealkylation sites (N-methyl/N-ethyl adjacent to an activating group) is 1. The first kappa shape index (κ1) is 18.1. The minimum atomic E-state index is 0.0738. The van der Waals surface area contributed by atoms with E-state index in [0.29, 0.717) is 36.3 Å². The molecular formula is C20H26N4O3. The Morgan fingerprint density at radius 3 is 2.63 bits per heavy atom. The molecule has 1 aromatic carbocycles. The van der Waals surface area contributed by atoms with Gasteiger partial charge < -0.3 is 14.2 Å². The summed E-state index contributed by atoms with van der Waals surface area (Å²) in [5, 5.41) is 4.03. The molecule has 0 unspecified atom stereocenters. The van der Waals surface area contributed by atoms with E-state index in [9.17, 15) is 4.79 Å². The van der Waals surface area contributed by atoms with Crippen molar-refractivity contribution in [1.82, 2.24) is 19.9 Å². The molecule has 3 heterocycles. The van der Waals surface area contributed by atoms with E-state index in [2.05, 4.69) is 22.1 Å². The topological polar surface area (TPSA) is 71.7 Å². The number of hydrogen-bond acceptors (Lipinski definition) is 6. The van der Waals surface area contributed by atoms with Crippen molar-refractivity contribution in [3.8, 4) is 11.4 Å². The Morgan fingerprint density at radius 1 is 1.15 bits per heavy atom. The van der Waals surface area contributed by atoms with Crippen LogP contribution in [0.25, 0.3) is 11.4 Å². The van der Waals surface area contributed by atoms with E-state index in [0.717, 1.165) is 25.3 Å². The Labute approximate surface area is 159 Å². The molecule has 1 aromatic heterocycles. The van der Waals surface area contributed by atoms with Crippen molar-refractivity contribution in [3.05, 3.63) is 35.7 Å². The van der Waals surface area contributed by atoms with Crippen LogP contribution in [0.4, 0.5) is 0 Å². The van der Waals surface area contributed by atoms with Crippen molar-refractivity contribution in [1.29, 1.82) is 0 Å². The summed E-state index contributed by atoms with van der Waals surface area (Å²) in [5.41, 5.74) is 1.54. The maximum atomic E-state index is 13.0. The highest BCUT2D eigenvalue weighted by Crippen LogP contribution is 2.22. The Morgan fingerprint density at radius 2 is 1.93 bits per heavy atom. The van der Waals surface area contributed by atoms with Gasteiger partial charge in [-0.25, -0.2) is 0 Å². The summed E-state index contributed by atoms with van der Waals surface area (Å²) in [6.45, 7) is 7.85. The van der Waals surface area contributed by atoms with E-state index in [4.69, 9.17) is 9.26 Å². The number of aromatic nitrogens is 2. The molecule has 2 bridgehead atoms. The van der Waals surface area contributed by atoms with E-state index in [-0.39, 0.29) is 17.9 Å². The van der Waals surface area contributed by atoms with Crippen molar-refractivity contribution in [2.45, 2.75) is 25.8 Å². The number of hydrogen-bond donors (Lipinski definition) is 0. The zero-order chi connectivity index (χ0) is 19.0. The fourth-order valence-electron chi connectivity index (χ4n) is 3.75. The lowest BCUT2D eigenvalue weighted by Gasteiger charge is -2.29. The van der Waals surface area contributed by atoms with Gasteiger partial charge in [-0.05, 0) is 19.2 Å². The van der Waals surface area contributed by atoms with Gasteiger partial charge in [0.25, 0.3) is 5.91 Å². The van der Waals surface area contributed by atoms with Crippen molar-refractivity contribution in [2.24, 2.45) is 5.92 Å². The molecule has 2 aromatic rings. The van der Waals surface area contributed by atoms with Crippen LogP contribution in [0.1, 0.15) is 36.0 Å². The minimum Gasteiger partial charge on any atom is -0.379 e. The number of fused-ring (bicyclic) bond motifs is 3. The molecule has 2 fully saturated rings. The molecule has 7 heteroatoms. The Balaban J connectivity index is 1.50. The van der Waals surface area contributed by atoms with Gasteiger partial charge in [-0.1, -0.05) is 31.1 Å². The largest absolute Gasteiger partial charge is 0.379 e. The van der Waals surface area contributed by atoms with Crippen LogP contribution in [0, 0.1) is 5.92 Å². The third-order valence-corrected chi connectivity index (χ3v) is 5.36. The summed E-state index contributed by atoms with van der Waals surface area (Å²) in [5.74, 6) is 1.80. The number of carbonyl (C=O) groups excluding carboxylic acids is 1. The predicted octanol–water partition coefficient (Wildman–Crippen LogP) is 2.26. The van der Waals surface area contributed by atoms with E-state index in [1.54, 1.807) is 0 Å². The van der Waals surface area contributed by atoms with Crippen LogP contribution < -0.4 is 0 Å². The molecule has 27 heavy (non-hydrogen) atoms. The smallest absolute Gasteiger partial charge is 0.253 e. The molecule has 144 valence electrons. The SMILES string of the molecule is CC(C)c1nc(-c2ccc(C(=O)N3C[C@@H]4COC[C@H](C3)N(C)C4)cc2)no1. The first-order valence-corrected chi connectivity index (χ1v) is 9.52. The highest BCUT2D eigenvalue weighted by atomic mass is 16.5. The summed E-state index contributed by atoms with van der Waals surface area (Å²) >= 11 is 0. The Hall–Kier alpha value is -2.25. The number of nitrogens with zero attached hydrogens (tertiary/aromatic N) is 4. The standard InChI is InChI=1S/C20H26N4O3/c1-13(2)19-21-18(22-27-19)15-4-6-16(7-5-15)20(25)24-9-14-8-23(3)17(10-24)12-26-11-14/h4-7,13-14,17H,8-12H2,1-3H3/t14-,17+/m1/s1. The van der Waals surface area contributed by atoms with Crippen molar-refractivity contribution in [2.75, 3.05) is 39.9 Å². The molecule has 2 aliphatic heterocycles. The Bertz CT molecular complexity index is 802. The van der Waals surface area contributed by atoms with Crippen LogP contribution in [-0.4, -0.2) is 71.8 Å². The number of rotatable bonds is 3. The van der Waals surface area contributed by atoms with Gasteiger partial charge in [0.1, 0.15) is 0 Å². The zero-order valence-corrected chi connectivity index (χ0v) is 16.1. The average Bonchev–Trinajstić information content (AvgIpc) is 3.01. The van der Waals surface area contributed by atoms with Crippen LogP contribution in [0.3, 0.4) is 0 Å². The maximum Gasteiger partial charge on any atom is 0.253 e. The summed E-state index contributed by atoms with van der Waals surface area (Å²) in [4.78, 5) is 21.7. The van der Waals surface area contributed by atoms with Gasteiger partial charge in [-0.2, -0.15) is 4.98 Å². The molecule has 0 saturated carbocycles. The Kier molecular flexibility index (Phi) is 4.97. The minimum absolute atomic E-state index is 0.0738. The average molecular weight is 370 g/mol. The van der Waals surface area contributed by atoms with Gasteiger partial charge in [0.2, 0.25) is 11.7 Å². The number of carbonyl (C=O) groups is 1. The fourth-order valence-corrected chi connectivity index (χ4v) is 3.75. The zero-order valence-electron chi connectivity index (χ0n) is 16.1. The summed E-state index contributed by atoms with van der Waals surface area (Å²) in [6.07, 6.45) is 0. The maximum absolute atomic E-state index is 13.0. The molecule has 2 saturated heterocycles. The third-order valence-electron chi connectivity index (χ3n) is 5.36. The first-order valence-electron chi connectivity index (χ1n) is 9.52. The predicted molar refractivity (Wildman–Crippen MR) is 100 cm³/mol. The molecule has 2 atom stereocenters. The lowest BCUT2D eigenvalue weighted by atomic mass is 10.1. The van der Waals surface area contributed by atoms with E-state index in [1.165, 1.54) is 0 Å². The van der Waals surface area contributed by atoms with E-state index in [1.807, 2.05) is 43.0 Å². The van der Waals surface area contributed by atoms with Crippen molar-refractivity contribution in [3.63, 3.8) is 0 Å². The second-order valence-electron chi connectivity index (χ2n) is 7.90. The second kappa shape index (κ2) is 7.40. The summed E-state index contributed by atoms with van der Waals surface area (Å²) in [6, 6.07) is 7.73. The third kappa shape index (κ3) is 3.75. The molecule has 0 spiro atoms. The number of amides is 1. The number of ether oxygens (including phenoxy) is 1. The van der Waals surface area contributed by atoms with Crippen molar-refractivity contribution >= 4 is 5.91 Å². The molecular weight excluding hydrogens is 344 g/mol. The van der Waals surface area contributed by atoms with Crippen LogP contribution >= 0.6 is 0 Å². The van der Waals surface area contributed by atoms with E-state index < -0.39 is 0 Å². The highest BCUT2D eigenvalue weighted by molar-refractivity contribution is 5.94. The van der Waals surface area contributed by atoms with Gasteiger partial charge in [-0.15, -0.1) is 0 Å². The van der Waals surface area contributed by atoms with Crippen LogP contribution in [0.15, 0.2) is 28.8 Å². The number of benzene rings is 1. The van der Waals surface area contributed by atoms with Gasteiger partial charge in [0, 0.05) is 42.6 Å². The molecule has 4 rings (SSSR count). The molecule has 0 radical (unpaired) electrons. The van der Waals surface area contributed by atoms with Gasteiger partial charge >= 0.3 is 0 Å². The normalized spacial score (nSPS) is 23.5. The summed E-state index contributed by atoms with van der Waals surface area (Å²) < 4.78 is 11.0. The molecule has 1 amide bonds. The van der Waals surface area contributed by atoms with Crippen LogP contribution in [0.2, 0.25) is 0 Å². The lowest BCUT2D eigenvalue weighted by Crippen LogP contribution is -2.44. The van der Waals surface area contributed by atoms with E-state index >= 15 is 0 Å². The molecule has 7 nitrogen and oxygen atoms in total.